The van der Waals surface area contributed by atoms with Crippen LogP contribution in [-0.2, 0) is 17.6 Å². The van der Waals surface area contributed by atoms with Crippen molar-refractivity contribution in [3.63, 3.8) is 0 Å². The van der Waals surface area contributed by atoms with Crippen molar-refractivity contribution in [1.82, 2.24) is 4.98 Å². The summed E-state index contributed by atoms with van der Waals surface area (Å²) in [6.45, 7) is 6.04. The molecule has 0 aliphatic carbocycles. The molecule has 1 aliphatic rings. The van der Waals surface area contributed by atoms with Gasteiger partial charge in [0.15, 0.2) is 5.13 Å². The van der Waals surface area contributed by atoms with Gasteiger partial charge in [-0.05, 0) is 67.6 Å². The van der Waals surface area contributed by atoms with Gasteiger partial charge in [-0.25, -0.2) is 4.98 Å². The highest BCUT2D eigenvalue weighted by atomic mass is 32.1. The fourth-order valence-corrected chi connectivity index (χ4v) is 5.91. The van der Waals surface area contributed by atoms with Gasteiger partial charge in [-0.15, -0.1) is 11.3 Å². The van der Waals surface area contributed by atoms with Gasteiger partial charge in [-0.1, -0.05) is 42.8 Å². The van der Waals surface area contributed by atoms with Gasteiger partial charge in [-0.2, -0.15) is 13.2 Å². The molecule has 4 aromatic rings. The van der Waals surface area contributed by atoms with Crippen molar-refractivity contribution in [3.8, 4) is 33.9 Å². The predicted octanol–water partition coefficient (Wildman–Crippen LogP) is 8.47. The molecule has 10 heteroatoms. The van der Waals surface area contributed by atoms with Crippen molar-refractivity contribution in [1.29, 1.82) is 0 Å². The van der Waals surface area contributed by atoms with Crippen molar-refractivity contribution in [2.75, 3.05) is 24.6 Å². The standard InChI is InChI=1S/C33H33F3N2O4S/c1-3-16-41-30-18-24(22-7-9-26(10-8-22)33(34,35)36)5-6-25(30)19-42-29-11-4-21(2)17-27(29)28-20-43-32(37-28)38-14-12-23(13-15-38)31(39)40/h4-11,17-18,20,23H,3,12-16,19H2,1-2H3,(H,39,40). The zero-order chi connectivity index (χ0) is 30.6. The zero-order valence-electron chi connectivity index (χ0n) is 24.0. The fourth-order valence-electron chi connectivity index (χ4n) is 5.03. The SMILES string of the molecule is CCCOc1cc(-c2ccc(C(F)(F)F)cc2)ccc1COc1ccc(C)cc1-c1csc(N2CCC(C(=O)O)CC2)n1. The average molecular weight is 611 g/mol. The Bertz CT molecular complexity index is 1560. The number of carboxylic acid groups (broad SMARTS) is 1. The molecular formula is C33H33F3N2O4S. The average Bonchev–Trinajstić information content (AvgIpc) is 3.49. The first-order valence-corrected chi connectivity index (χ1v) is 15.1. The van der Waals surface area contributed by atoms with E-state index in [4.69, 9.17) is 14.5 Å². The Kier molecular flexibility index (Phi) is 9.25. The first-order chi connectivity index (χ1) is 20.6. The number of carboxylic acids is 1. The molecule has 0 spiro atoms. The Morgan fingerprint density at radius 2 is 1.72 bits per heavy atom. The number of aliphatic carboxylic acids is 1. The van der Waals surface area contributed by atoms with Gasteiger partial charge >= 0.3 is 12.1 Å². The lowest BCUT2D eigenvalue weighted by molar-refractivity contribution is -0.142. The summed E-state index contributed by atoms with van der Waals surface area (Å²) in [4.78, 5) is 18.3. The van der Waals surface area contributed by atoms with E-state index in [1.807, 2.05) is 55.6 Å². The lowest BCUT2D eigenvalue weighted by atomic mass is 9.97. The third-order valence-electron chi connectivity index (χ3n) is 7.48. The lowest BCUT2D eigenvalue weighted by Crippen LogP contribution is -2.36. The van der Waals surface area contributed by atoms with Crippen LogP contribution in [0.15, 0.2) is 66.0 Å². The van der Waals surface area contributed by atoms with Gasteiger partial charge in [-0.3, -0.25) is 4.79 Å². The topological polar surface area (TPSA) is 71.9 Å². The Balaban J connectivity index is 1.34. The van der Waals surface area contributed by atoms with Crippen molar-refractivity contribution < 1.29 is 32.5 Å². The maximum Gasteiger partial charge on any atom is 0.416 e. The number of aromatic nitrogens is 1. The second kappa shape index (κ2) is 13.1. The van der Waals surface area contributed by atoms with E-state index in [0.29, 0.717) is 49.6 Å². The molecule has 43 heavy (non-hydrogen) atoms. The molecule has 1 N–H and O–H groups in total. The number of carbonyl (C=O) groups is 1. The molecule has 0 unspecified atom stereocenters. The maximum absolute atomic E-state index is 13.0. The Labute approximate surface area is 252 Å². The van der Waals surface area contributed by atoms with E-state index in [9.17, 15) is 23.1 Å². The van der Waals surface area contributed by atoms with Crippen LogP contribution in [0.2, 0.25) is 0 Å². The van der Waals surface area contributed by atoms with Crippen molar-refractivity contribution in [2.24, 2.45) is 5.92 Å². The summed E-state index contributed by atoms with van der Waals surface area (Å²) in [7, 11) is 0. The second-order valence-electron chi connectivity index (χ2n) is 10.6. The van der Waals surface area contributed by atoms with Crippen molar-refractivity contribution in [2.45, 2.75) is 45.9 Å². The van der Waals surface area contributed by atoms with Gasteiger partial charge in [0.2, 0.25) is 0 Å². The number of rotatable bonds is 10. The number of hydrogen-bond acceptors (Lipinski definition) is 6. The van der Waals surface area contributed by atoms with Crippen LogP contribution in [0.1, 0.15) is 42.9 Å². The van der Waals surface area contributed by atoms with Crippen LogP contribution in [0, 0.1) is 12.8 Å². The molecule has 0 amide bonds. The third-order valence-corrected chi connectivity index (χ3v) is 8.38. The summed E-state index contributed by atoms with van der Waals surface area (Å²) < 4.78 is 51.4. The highest BCUT2D eigenvalue weighted by molar-refractivity contribution is 7.14. The van der Waals surface area contributed by atoms with E-state index < -0.39 is 17.7 Å². The molecule has 3 aromatic carbocycles. The number of thiazole rings is 1. The van der Waals surface area contributed by atoms with Gasteiger partial charge in [0, 0.05) is 29.6 Å². The minimum Gasteiger partial charge on any atom is -0.493 e. The number of alkyl halides is 3. The highest BCUT2D eigenvalue weighted by Crippen LogP contribution is 2.37. The van der Waals surface area contributed by atoms with Crippen LogP contribution in [0.5, 0.6) is 11.5 Å². The molecule has 0 saturated carbocycles. The largest absolute Gasteiger partial charge is 0.493 e. The zero-order valence-corrected chi connectivity index (χ0v) is 24.8. The summed E-state index contributed by atoms with van der Waals surface area (Å²) in [5, 5.41) is 12.2. The molecular weight excluding hydrogens is 577 g/mol. The Morgan fingerprint density at radius 1 is 1.00 bits per heavy atom. The molecule has 1 aromatic heterocycles. The normalized spacial score (nSPS) is 14.1. The molecule has 1 aliphatic heterocycles. The monoisotopic (exact) mass is 610 g/mol. The van der Waals surface area contributed by atoms with E-state index in [1.54, 1.807) is 0 Å². The second-order valence-corrected chi connectivity index (χ2v) is 11.5. The van der Waals surface area contributed by atoms with E-state index in [2.05, 4.69) is 4.90 Å². The first kappa shape index (κ1) is 30.4. The van der Waals surface area contributed by atoms with Crippen LogP contribution in [0.3, 0.4) is 0 Å². The number of piperidine rings is 1. The number of benzene rings is 3. The van der Waals surface area contributed by atoms with Crippen LogP contribution in [-0.4, -0.2) is 35.8 Å². The first-order valence-electron chi connectivity index (χ1n) is 14.2. The molecule has 1 fully saturated rings. The summed E-state index contributed by atoms with van der Waals surface area (Å²) in [6, 6.07) is 16.6. The summed E-state index contributed by atoms with van der Waals surface area (Å²) >= 11 is 1.53. The van der Waals surface area contributed by atoms with Gasteiger partial charge in [0.05, 0.1) is 23.8 Å². The minimum absolute atomic E-state index is 0.224. The predicted molar refractivity (Wildman–Crippen MR) is 162 cm³/mol. The highest BCUT2D eigenvalue weighted by Gasteiger charge is 2.30. The lowest BCUT2D eigenvalue weighted by Gasteiger charge is -2.29. The van der Waals surface area contributed by atoms with Crippen molar-refractivity contribution in [3.05, 3.63) is 82.7 Å². The summed E-state index contributed by atoms with van der Waals surface area (Å²) in [5.74, 6) is 0.245. The number of halogens is 3. The van der Waals surface area contributed by atoms with E-state index in [0.717, 1.165) is 51.6 Å². The molecule has 1 saturated heterocycles. The van der Waals surface area contributed by atoms with Crippen LogP contribution in [0.25, 0.3) is 22.4 Å². The van der Waals surface area contributed by atoms with Crippen LogP contribution < -0.4 is 14.4 Å². The number of hydrogen-bond donors (Lipinski definition) is 1. The Hall–Kier alpha value is -4.05. The number of ether oxygens (including phenoxy) is 2. The van der Waals surface area contributed by atoms with Crippen LogP contribution in [0.4, 0.5) is 18.3 Å². The summed E-state index contributed by atoms with van der Waals surface area (Å²) in [6.07, 6.45) is -2.39. The molecule has 2 heterocycles. The molecule has 226 valence electrons. The maximum atomic E-state index is 13.0. The van der Waals surface area contributed by atoms with E-state index in [-0.39, 0.29) is 12.5 Å². The number of anilines is 1. The fraction of sp³-hybridized carbons (Fsp3) is 0.333. The third kappa shape index (κ3) is 7.30. The molecule has 6 nitrogen and oxygen atoms in total. The van der Waals surface area contributed by atoms with Gasteiger partial charge in [0.25, 0.3) is 0 Å². The molecule has 5 rings (SSSR count). The molecule has 0 bridgehead atoms. The summed E-state index contributed by atoms with van der Waals surface area (Å²) in [5.41, 5.74) is 4.26. The minimum atomic E-state index is -4.39. The molecule has 0 atom stereocenters. The number of nitrogens with zero attached hydrogens (tertiary/aromatic N) is 2. The number of aryl methyl sites for hydroxylation is 1. The van der Waals surface area contributed by atoms with E-state index >= 15 is 0 Å². The molecule has 0 radical (unpaired) electrons. The van der Waals surface area contributed by atoms with Crippen molar-refractivity contribution >= 4 is 22.4 Å². The smallest absolute Gasteiger partial charge is 0.416 e. The Morgan fingerprint density at radius 3 is 2.40 bits per heavy atom. The van der Waals surface area contributed by atoms with E-state index in [1.165, 1.54) is 23.5 Å². The van der Waals surface area contributed by atoms with Gasteiger partial charge < -0.3 is 19.5 Å². The van der Waals surface area contributed by atoms with Gasteiger partial charge in [0.1, 0.15) is 18.1 Å². The van der Waals surface area contributed by atoms with Crippen LogP contribution >= 0.6 is 11.3 Å². The quantitative estimate of drug-likeness (QED) is 0.194.